The van der Waals surface area contributed by atoms with E-state index >= 15 is 0 Å². The SMILES string of the molecule is NC(N)=Nc1cc2c(s1)CCCC2. The van der Waals surface area contributed by atoms with Crippen LogP contribution in [0, 0.1) is 0 Å². The van der Waals surface area contributed by atoms with Crippen molar-refractivity contribution < 1.29 is 0 Å². The van der Waals surface area contributed by atoms with Crippen LogP contribution in [0.15, 0.2) is 11.1 Å². The molecule has 0 aliphatic heterocycles. The molecule has 3 nitrogen and oxygen atoms in total. The Hall–Kier alpha value is -1.03. The lowest BCUT2D eigenvalue weighted by Crippen LogP contribution is -2.21. The van der Waals surface area contributed by atoms with Crippen LogP contribution in [0.2, 0.25) is 0 Å². The number of guanidine groups is 1. The summed E-state index contributed by atoms with van der Waals surface area (Å²) in [6.45, 7) is 0. The standard InChI is InChI=1S/C9H13N3S/c10-9(11)12-8-5-6-3-1-2-4-7(6)13-8/h5H,1-4H2,(H4,10,11,12). The minimum Gasteiger partial charge on any atom is -0.370 e. The lowest BCUT2D eigenvalue weighted by molar-refractivity contribution is 0.697. The van der Waals surface area contributed by atoms with Crippen LogP contribution in [0.5, 0.6) is 0 Å². The van der Waals surface area contributed by atoms with Gasteiger partial charge in [0.1, 0.15) is 5.00 Å². The fraction of sp³-hybridized carbons (Fsp3) is 0.444. The van der Waals surface area contributed by atoms with Gasteiger partial charge in [0.05, 0.1) is 0 Å². The zero-order chi connectivity index (χ0) is 9.26. The lowest BCUT2D eigenvalue weighted by Gasteiger charge is -2.08. The number of hydrogen-bond donors (Lipinski definition) is 2. The molecule has 0 atom stereocenters. The van der Waals surface area contributed by atoms with E-state index in [1.165, 1.54) is 36.1 Å². The minimum atomic E-state index is 0.151. The van der Waals surface area contributed by atoms with E-state index in [-0.39, 0.29) is 5.96 Å². The fourth-order valence-corrected chi connectivity index (χ4v) is 2.80. The van der Waals surface area contributed by atoms with E-state index in [1.54, 1.807) is 11.3 Å². The smallest absolute Gasteiger partial charge is 0.191 e. The molecular weight excluding hydrogens is 182 g/mol. The highest BCUT2D eigenvalue weighted by molar-refractivity contribution is 7.16. The number of aryl methyl sites for hydroxylation is 2. The maximum Gasteiger partial charge on any atom is 0.191 e. The second-order valence-electron chi connectivity index (χ2n) is 3.28. The Bertz CT molecular complexity index is 313. The highest BCUT2D eigenvalue weighted by Crippen LogP contribution is 2.34. The Morgan fingerprint density at radius 2 is 2.08 bits per heavy atom. The molecule has 4 N–H and O–H groups in total. The van der Waals surface area contributed by atoms with Crippen LogP contribution >= 0.6 is 11.3 Å². The second kappa shape index (κ2) is 3.38. The van der Waals surface area contributed by atoms with Crippen LogP contribution in [0.4, 0.5) is 5.00 Å². The molecule has 0 fully saturated rings. The molecule has 13 heavy (non-hydrogen) atoms. The van der Waals surface area contributed by atoms with Crippen LogP contribution in [0.1, 0.15) is 23.3 Å². The first kappa shape index (κ1) is 8.56. The average molecular weight is 195 g/mol. The Morgan fingerprint density at radius 3 is 2.77 bits per heavy atom. The molecule has 4 heteroatoms. The van der Waals surface area contributed by atoms with E-state index < -0.39 is 0 Å². The summed E-state index contributed by atoms with van der Waals surface area (Å²) in [5, 5.41) is 0.951. The van der Waals surface area contributed by atoms with Crippen molar-refractivity contribution in [3.05, 3.63) is 16.5 Å². The zero-order valence-electron chi connectivity index (χ0n) is 7.42. The molecule has 1 aromatic heterocycles. The van der Waals surface area contributed by atoms with Gasteiger partial charge >= 0.3 is 0 Å². The van der Waals surface area contributed by atoms with Gasteiger partial charge in [-0.1, -0.05) is 0 Å². The summed E-state index contributed by atoms with van der Waals surface area (Å²) in [7, 11) is 0. The predicted molar refractivity (Wildman–Crippen MR) is 56.4 cm³/mol. The highest BCUT2D eigenvalue weighted by Gasteiger charge is 2.12. The van der Waals surface area contributed by atoms with Gasteiger partial charge in [0, 0.05) is 4.88 Å². The second-order valence-corrected chi connectivity index (χ2v) is 4.39. The van der Waals surface area contributed by atoms with E-state index in [2.05, 4.69) is 11.1 Å². The summed E-state index contributed by atoms with van der Waals surface area (Å²) < 4.78 is 0. The third-order valence-electron chi connectivity index (χ3n) is 2.22. The number of thiophene rings is 1. The first-order valence-corrected chi connectivity index (χ1v) is 5.28. The summed E-state index contributed by atoms with van der Waals surface area (Å²) in [4.78, 5) is 5.52. The van der Waals surface area contributed by atoms with Gasteiger partial charge in [0.2, 0.25) is 0 Å². The molecule has 1 aromatic rings. The van der Waals surface area contributed by atoms with Crippen molar-refractivity contribution in [1.29, 1.82) is 0 Å². The number of nitrogens with two attached hydrogens (primary N) is 2. The Kier molecular flexibility index (Phi) is 2.22. The lowest BCUT2D eigenvalue weighted by atomic mass is 10.00. The molecule has 0 spiro atoms. The van der Waals surface area contributed by atoms with Crippen molar-refractivity contribution in [2.45, 2.75) is 25.7 Å². The minimum absolute atomic E-state index is 0.151. The van der Waals surface area contributed by atoms with Crippen LogP contribution in [-0.4, -0.2) is 5.96 Å². The maximum absolute atomic E-state index is 5.32. The highest BCUT2D eigenvalue weighted by atomic mass is 32.1. The number of nitrogens with zero attached hydrogens (tertiary/aromatic N) is 1. The Balaban J connectivity index is 2.30. The molecule has 1 aliphatic rings. The number of fused-ring (bicyclic) bond motifs is 1. The number of rotatable bonds is 1. The third kappa shape index (κ3) is 1.83. The molecule has 0 bridgehead atoms. The molecule has 2 rings (SSSR count). The molecule has 0 radical (unpaired) electrons. The largest absolute Gasteiger partial charge is 0.370 e. The molecule has 0 amide bonds. The molecule has 1 heterocycles. The third-order valence-corrected chi connectivity index (χ3v) is 3.35. The van der Waals surface area contributed by atoms with Gasteiger partial charge in [0.25, 0.3) is 0 Å². The Morgan fingerprint density at radius 1 is 1.31 bits per heavy atom. The van der Waals surface area contributed by atoms with Crippen molar-refractivity contribution in [1.82, 2.24) is 0 Å². The van der Waals surface area contributed by atoms with Crippen LogP contribution < -0.4 is 11.5 Å². The molecule has 0 unspecified atom stereocenters. The Labute approximate surface area is 81.5 Å². The van der Waals surface area contributed by atoms with Gasteiger partial charge in [0.15, 0.2) is 5.96 Å². The number of hydrogen-bond acceptors (Lipinski definition) is 2. The monoisotopic (exact) mass is 195 g/mol. The van der Waals surface area contributed by atoms with Crippen LogP contribution in [0.3, 0.4) is 0 Å². The van der Waals surface area contributed by atoms with Gasteiger partial charge in [-0.2, -0.15) is 0 Å². The van der Waals surface area contributed by atoms with E-state index in [1.807, 2.05) is 0 Å². The maximum atomic E-state index is 5.32. The number of aliphatic imine (C=N–C) groups is 1. The molecule has 1 aliphatic carbocycles. The summed E-state index contributed by atoms with van der Waals surface area (Å²) in [6, 6.07) is 2.11. The topological polar surface area (TPSA) is 64.4 Å². The molecular formula is C9H13N3S. The van der Waals surface area contributed by atoms with Gasteiger partial charge in [-0.3, -0.25) is 0 Å². The van der Waals surface area contributed by atoms with E-state index in [0.29, 0.717) is 0 Å². The molecule has 0 aromatic carbocycles. The summed E-state index contributed by atoms with van der Waals surface area (Å²) in [5.41, 5.74) is 12.1. The zero-order valence-corrected chi connectivity index (χ0v) is 8.23. The molecule has 70 valence electrons. The molecule has 0 saturated carbocycles. The van der Waals surface area contributed by atoms with Crippen molar-refractivity contribution >= 4 is 22.3 Å². The average Bonchev–Trinajstić information content (AvgIpc) is 2.44. The van der Waals surface area contributed by atoms with Crippen LogP contribution in [-0.2, 0) is 12.8 Å². The summed E-state index contributed by atoms with van der Waals surface area (Å²) >= 11 is 1.72. The van der Waals surface area contributed by atoms with Crippen LogP contribution in [0.25, 0.3) is 0 Å². The fourth-order valence-electron chi connectivity index (χ4n) is 1.66. The van der Waals surface area contributed by atoms with E-state index in [9.17, 15) is 0 Å². The van der Waals surface area contributed by atoms with Gasteiger partial charge < -0.3 is 11.5 Å². The summed E-state index contributed by atoms with van der Waals surface area (Å²) in [6.07, 6.45) is 4.98. The quantitative estimate of drug-likeness (QED) is 0.527. The van der Waals surface area contributed by atoms with Crippen molar-refractivity contribution in [3.63, 3.8) is 0 Å². The predicted octanol–water partition coefficient (Wildman–Crippen LogP) is 1.53. The van der Waals surface area contributed by atoms with Crippen molar-refractivity contribution in [2.24, 2.45) is 16.5 Å². The van der Waals surface area contributed by atoms with Crippen molar-refractivity contribution in [2.75, 3.05) is 0 Å². The van der Waals surface area contributed by atoms with E-state index in [0.717, 1.165) is 5.00 Å². The van der Waals surface area contributed by atoms with Crippen molar-refractivity contribution in [3.8, 4) is 0 Å². The summed E-state index contributed by atoms with van der Waals surface area (Å²) in [5.74, 6) is 0.151. The first-order chi connectivity index (χ1) is 6.25. The van der Waals surface area contributed by atoms with E-state index in [4.69, 9.17) is 11.5 Å². The first-order valence-electron chi connectivity index (χ1n) is 4.47. The normalized spacial score (nSPS) is 15.1. The van der Waals surface area contributed by atoms with Gasteiger partial charge in [-0.15, -0.1) is 11.3 Å². The van der Waals surface area contributed by atoms with Gasteiger partial charge in [-0.05, 0) is 37.3 Å². The molecule has 0 saturated heterocycles. The van der Waals surface area contributed by atoms with Gasteiger partial charge in [-0.25, -0.2) is 4.99 Å².